The molecule has 11 heavy (non-hydrogen) atoms. The second-order valence-corrected chi connectivity index (χ2v) is 3.70. The molecular formula is C8H6AlNS. The highest BCUT2D eigenvalue weighted by atomic mass is 32.3. The fraction of sp³-hybridized carbons (Fsp3) is 0.125. The average Bonchev–Trinajstić information content (AvgIpc) is 2.06. The molecule has 0 saturated carbocycles. The van der Waals surface area contributed by atoms with Gasteiger partial charge in [-0.05, 0) is 17.4 Å². The van der Waals surface area contributed by atoms with Crippen LogP contribution < -0.4 is 0 Å². The van der Waals surface area contributed by atoms with Gasteiger partial charge in [-0.25, -0.2) is 0 Å². The maximum absolute atomic E-state index is 8.68. The molecule has 2 radical (unpaired) electrons. The van der Waals surface area contributed by atoms with Crippen molar-refractivity contribution in [3.8, 4) is 6.07 Å². The Labute approximate surface area is 77.9 Å². The molecule has 0 atom stereocenters. The highest BCUT2D eigenvalue weighted by Gasteiger charge is 1.96. The number of nitrogens with zero attached hydrogens (tertiary/aromatic N) is 1. The van der Waals surface area contributed by atoms with Crippen molar-refractivity contribution in [2.75, 3.05) is 0 Å². The topological polar surface area (TPSA) is 23.8 Å². The molecular weight excluding hydrogens is 169 g/mol. The third kappa shape index (κ3) is 2.27. The van der Waals surface area contributed by atoms with Gasteiger partial charge in [0.15, 0.2) is 0 Å². The van der Waals surface area contributed by atoms with E-state index in [0.717, 1.165) is 16.9 Å². The van der Waals surface area contributed by atoms with Crippen molar-refractivity contribution >= 4 is 25.3 Å². The van der Waals surface area contributed by atoms with Crippen molar-refractivity contribution in [1.82, 2.24) is 0 Å². The molecule has 1 aromatic rings. The van der Waals surface area contributed by atoms with E-state index in [4.69, 9.17) is 5.26 Å². The Balaban J connectivity index is 2.95. The molecule has 0 spiro atoms. The predicted octanol–water partition coefficient (Wildman–Crippen LogP) is 1.87. The van der Waals surface area contributed by atoms with Crippen LogP contribution in [0.15, 0.2) is 24.3 Å². The van der Waals surface area contributed by atoms with E-state index in [0.29, 0.717) is 0 Å². The smallest absolute Gasteiger partial charge is 0.233 e. The number of rotatable bonds is 2. The van der Waals surface area contributed by atoms with Crippen LogP contribution in [0.1, 0.15) is 11.1 Å². The van der Waals surface area contributed by atoms with E-state index in [-0.39, 0.29) is 0 Å². The quantitative estimate of drug-likeness (QED) is 0.641. The van der Waals surface area contributed by atoms with Crippen LogP contribution in [0.25, 0.3) is 0 Å². The minimum atomic E-state index is 0.780. The SMILES string of the molecule is N#Cc1ccccc1C[S][Al]. The molecule has 0 unspecified atom stereocenters. The van der Waals surface area contributed by atoms with Gasteiger partial charge in [0.2, 0.25) is 15.2 Å². The maximum Gasteiger partial charge on any atom is 0.233 e. The third-order valence-corrected chi connectivity index (χ3v) is 2.35. The van der Waals surface area contributed by atoms with Crippen LogP contribution in [-0.4, -0.2) is 15.2 Å². The van der Waals surface area contributed by atoms with Crippen LogP contribution in [0.3, 0.4) is 0 Å². The first-order valence-electron chi connectivity index (χ1n) is 3.18. The molecule has 1 aromatic carbocycles. The Kier molecular flexibility index (Phi) is 3.53. The van der Waals surface area contributed by atoms with Gasteiger partial charge in [-0.3, -0.25) is 10.1 Å². The molecule has 0 aliphatic carbocycles. The van der Waals surface area contributed by atoms with Crippen LogP contribution in [0, 0.1) is 11.3 Å². The molecule has 0 N–H and O–H groups in total. The summed E-state index contributed by atoms with van der Waals surface area (Å²) in [5, 5.41) is 8.68. The zero-order chi connectivity index (χ0) is 8.10. The summed E-state index contributed by atoms with van der Waals surface area (Å²) in [6.45, 7) is 0. The lowest BCUT2D eigenvalue weighted by Crippen LogP contribution is -1.85. The monoisotopic (exact) mass is 175 g/mol. The van der Waals surface area contributed by atoms with Gasteiger partial charge in [-0.15, -0.1) is 0 Å². The number of hydrogen-bond donors (Lipinski definition) is 0. The Bertz CT molecular complexity index is 280. The highest BCUT2D eigenvalue weighted by Crippen LogP contribution is 2.12. The molecule has 52 valence electrons. The summed E-state index contributed by atoms with van der Waals surface area (Å²) in [7, 11) is 1.65. The summed E-state index contributed by atoms with van der Waals surface area (Å²) in [6.07, 6.45) is 0. The molecule has 0 aromatic heterocycles. The van der Waals surface area contributed by atoms with Crippen molar-refractivity contribution in [3.63, 3.8) is 0 Å². The van der Waals surface area contributed by atoms with E-state index in [2.05, 4.69) is 21.2 Å². The van der Waals surface area contributed by atoms with Gasteiger partial charge in [-0.2, -0.15) is 5.26 Å². The van der Waals surface area contributed by atoms with Crippen LogP contribution in [-0.2, 0) is 5.75 Å². The predicted molar refractivity (Wildman–Crippen MR) is 48.2 cm³/mol. The van der Waals surface area contributed by atoms with Gasteiger partial charge in [0.1, 0.15) is 0 Å². The molecule has 0 amide bonds. The lowest BCUT2D eigenvalue weighted by atomic mass is 10.1. The van der Waals surface area contributed by atoms with E-state index in [9.17, 15) is 0 Å². The summed E-state index contributed by atoms with van der Waals surface area (Å²) >= 11 is 2.58. The molecule has 3 heteroatoms. The van der Waals surface area contributed by atoms with Crippen molar-refractivity contribution in [2.24, 2.45) is 0 Å². The van der Waals surface area contributed by atoms with Crippen LogP contribution in [0.2, 0.25) is 0 Å². The number of nitriles is 1. The fourth-order valence-electron chi connectivity index (χ4n) is 0.845. The first kappa shape index (κ1) is 8.69. The normalized spacial score (nSPS) is 9.00. The summed E-state index contributed by atoms with van der Waals surface area (Å²) in [6, 6.07) is 9.82. The van der Waals surface area contributed by atoms with Crippen molar-refractivity contribution in [2.45, 2.75) is 5.75 Å². The Morgan fingerprint density at radius 2 is 2.18 bits per heavy atom. The lowest BCUT2D eigenvalue weighted by molar-refractivity contribution is 1.36. The van der Waals surface area contributed by atoms with Gasteiger partial charge in [0.05, 0.1) is 11.6 Å². The summed E-state index contributed by atoms with van der Waals surface area (Å²) in [4.78, 5) is 0. The molecule has 0 saturated heterocycles. The minimum Gasteiger partial charge on any atom is -0.282 e. The largest absolute Gasteiger partial charge is 0.282 e. The van der Waals surface area contributed by atoms with Crippen LogP contribution in [0.5, 0.6) is 0 Å². The standard InChI is InChI=1S/C8H7NS.Al/c9-5-7-3-1-2-4-8(7)6-10;/h1-4,10H,6H2;/q;+1/p-1. The molecule has 0 bridgehead atoms. The third-order valence-electron chi connectivity index (χ3n) is 1.38. The first-order chi connectivity index (χ1) is 5.38. The summed E-state index contributed by atoms with van der Waals surface area (Å²) in [5.74, 6) is 0.883. The maximum atomic E-state index is 8.68. The fourth-order valence-corrected chi connectivity index (χ4v) is 1.81. The molecule has 1 nitrogen and oxygen atoms in total. The Hall–Kier alpha value is -0.408. The van der Waals surface area contributed by atoms with Crippen molar-refractivity contribution in [3.05, 3.63) is 35.4 Å². The first-order valence-corrected chi connectivity index (χ1v) is 5.64. The second-order valence-electron chi connectivity index (χ2n) is 2.08. The lowest BCUT2D eigenvalue weighted by Gasteiger charge is -1.99. The molecule has 1 rings (SSSR count). The average molecular weight is 175 g/mol. The molecule has 0 fully saturated rings. The van der Waals surface area contributed by atoms with Gasteiger partial charge >= 0.3 is 0 Å². The van der Waals surface area contributed by atoms with Crippen molar-refractivity contribution < 1.29 is 0 Å². The van der Waals surface area contributed by atoms with E-state index >= 15 is 0 Å². The van der Waals surface area contributed by atoms with Crippen molar-refractivity contribution in [1.29, 1.82) is 5.26 Å². The van der Waals surface area contributed by atoms with Gasteiger partial charge in [-0.1, -0.05) is 18.2 Å². The Morgan fingerprint density at radius 3 is 2.82 bits per heavy atom. The van der Waals surface area contributed by atoms with Gasteiger partial charge in [0, 0.05) is 0 Å². The zero-order valence-electron chi connectivity index (χ0n) is 5.95. The van der Waals surface area contributed by atoms with Crippen LogP contribution in [0.4, 0.5) is 0 Å². The van der Waals surface area contributed by atoms with E-state index < -0.39 is 0 Å². The summed E-state index contributed by atoms with van der Waals surface area (Å²) in [5.41, 5.74) is 1.89. The molecule has 0 heterocycles. The van der Waals surface area contributed by atoms with Crippen LogP contribution >= 0.6 is 10.1 Å². The molecule has 0 aliphatic heterocycles. The number of hydrogen-bond acceptors (Lipinski definition) is 2. The van der Waals surface area contributed by atoms with E-state index in [1.54, 1.807) is 10.1 Å². The second kappa shape index (κ2) is 4.47. The summed E-state index contributed by atoms with van der Waals surface area (Å²) < 4.78 is 0. The Morgan fingerprint density at radius 1 is 1.45 bits per heavy atom. The zero-order valence-corrected chi connectivity index (χ0v) is 7.92. The van der Waals surface area contributed by atoms with E-state index in [1.807, 2.05) is 24.3 Å². The molecule has 0 aliphatic rings. The van der Waals surface area contributed by atoms with E-state index in [1.165, 1.54) is 0 Å². The minimum absolute atomic E-state index is 0.780. The highest BCUT2D eigenvalue weighted by molar-refractivity contribution is 8.19. The van der Waals surface area contributed by atoms with Gasteiger partial charge in [0.25, 0.3) is 0 Å². The number of benzene rings is 1. The van der Waals surface area contributed by atoms with Gasteiger partial charge < -0.3 is 0 Å².